The predicted octanol–water partition coefficient (Wildman–Crippen LogP) is 1.69. The molecule has 134 valence electrons. The number of carbonyl (C=O) groups is 1. The molecule has 0 radical (unpaired) electrons. The van der Waals surface area contributed by atoms with Crippen LogP contribution in [0.3, 0.4) is 0 Å². The maximum atomic E-state index is 12.7. The molecular weight excluding hydrogens is 372 g/mol. The molecular formula is C17H16N4O3S2. The second kappa shape index (κ2) is 6.40. The van der Waals surface area contributed by atoms with E-state index in [2.05, 4.69) is 9.97 Å². The van der Waals surface area contributed by atoms with Crippen molar-refractivity contribution in [3.8, 4) is 0 Å². The van der Waals surface area contributed by atoms with Gasteiger partial charge in [-0.1, -0.05) is 6.07 Å². The van der Waals surface area contributed by atoms with E-state index >= 15 is 0 Å². The van der Waals surface area contributed by atoms with Crippen LogP contribution < -0.4 is 9.21 Å². The van der Waals surface area contributed by atoms with Gasteiger partial charge in [-0.2, -0.15) is 11.8 Å². The van der Waals surface area contributed by atoms with Gasteiger partial charge in [-0.15, -0.1) is 0 Å². The minimum absolute atomic E-state index is 0.0290. The number of thioether (sulfide) groups is 1. The zero-order chi connectivity index (χ0) is 18.3. The van der Waals surface area contributed by atoms with Gasteiger partial charge in [-0.05, 0) is 29.8 Å². The van der Waals surface area contributed by atoms with E-state index in [1.165, 1.54) is 25.5 Å². The van der Waals surface area contributed by atoms with E-state index in [1.54, 1.807) is 40.9 Å². The van der Waals surface area contributed by atoms with Crippen LogP contribution >= 0.6 is 11.8 Å². The van der Waals surface area contributed by atoms with Crippen LogP contribution in [0.1, 0.15) is 0 Å². The highest BCUT2D eigenvalue weighted by atomic mass is 32.2. The summed E-state index contributed by atoms with van der Waals surface area (Å²) >= 11 is 1.74. The van der Waals surface area contributed by atoms with Gasteiger partial charge in [0.15, 0.2) is 0 Å². The van der Waals surface area contributed by atoms with Crippen molar-refractivity contribution in [1.29, 1.82) is 0 Å². The minimum atomic E-state index is -3.77. The van der Waals surface area contributed by atoms with Crippen molar-refractivity contribution in [3.05, 3.63) is 53.9 Å². The molecule has 2 aliphatic rings. The molecule has 26 heavy (non-hydrogen) atoms. The largest absolute Gasteiger partial charge is 0.289 e. The molecule has 4 heterocycles. The summed E-state index contributed by atoms with van der Waals surface area (Å²) in [6, 6.07) is 8.11. The lowest BCUT2D eigenvalue weighted by atomic mass is 10.2. The molecule has 9 heteroatoms. The Bertz CT molecular complexity index is 988. The predicted molar refractivity (Wildman–Crippen MR) is 101 cm³/mol. The quantitative estimate of drug-likeness (QED) is 0.793. The number of sulfonamides is 1. The first-order chi connectivity index (χ1) is 12.5. The molecule has 0 spiro atoms. The van der Waals surface area contributed by atoms with Gasteiger partial charge >= 0.3 is 0 Å². The maximum absolute atomic E-state index is 12.7. The van der Waals surface area contributed by atoms with Crippen LogP contribution in [-0.2, 0) is 14.8 Å². The molecule has 1 amide bonds. The van der Waals surface area contributed by atoms with Crippen LogP contribution in [0, 0.1) is 0 Å². The SMILES string of the molecule is CN(c1ccccn1)S(=O)(=O)c1ccc(N2CC3=C(CSC3)C2=O)nc1. The monoisotopic (exact) mass is 388 g/mol. The van der Waals surface area contributed by atoms with E-state index in [4.69, 9.17) is 0 Å². The normalized spacial score (nSPS) is 17.0. The Hall–Kier alpha value is -2.39. The first kappa shape index (κ1) is 17.0. The van der Waals surface area contributed by atoms with Crippen LogP contribution in [0.4, 0.5) is 11.6 Å². The molecule has 7 nitrogen and oxygen atoms in total. The minimum Gasteiger partial charge on any atom is -0.289 e. The number of nitrogens with zero attached hydrogens (tertiary/aromatic N) is 4. The van der Waals surface area contributed by atoms with Crippen LogP contribution in [-0.4, -0.2) is 49.4 Å². The fraction of sp³-hybridized carbons (Fsp3) is 0.235. The van der Waals surface area contributed by atoms with Crippen LogP contribution in [0.25, 0.3) is 0 Å². The van der Waals surface area contributed by atoms with Crippen molar-refractivity contribution in [2.45, 2.75) is 4.90 Å². The Balaban J connectivity index is 1.57. The Labute approximate surface area is 155 Å². The summed E-state index contributed by atoms with van der Waals surface area (Å²) in [5.74, 6) is 2.38. The van der Waals surface area contributed by atoms with Crippen molar-refractivity contribution in [3.63, 3.8) is 0 Å². The molecule has 0 aromatic carbocycles. The van der Waals surface area contributed by atoms with Crippen molar-refractivity contribution in [2.24, 2.45) is 0 Å². The molecule has 0 N–H and O–H groups in total. The lowest BCUT2D eigenvalue weighted by Gasteiger charge is -2.20. The summed E-state index contributed by atoms with van der Waals surface area (Å²) in [6.45, 7) is 0.536. The van der Waals surface area contributed by atoms with Gasteiger partial charge in [-0.25, -0.2) is 18.4 Å². The van der Waals surface area contributed by atoms with E-state index in [1.807, 2.05) is 0 Å². The van der Waals surface area contributed by atoms with Gasteiger partial charge in [0.25, 0.3) is 15.9 Å². The average Bonchev–Trinajstić information content (AvgIpc) is 3.25. The summed E-state index contributed by atoms with van der Waals surface area (Å²) in [7, 11) is -2.32. The van der Waals surface area contributed by atoms with Crippen molar-refractivity contribution >= 4 is 39.3 Å². The third kappa shape index (κ3) is 2.77. The first-order valence-corrected chi connectivity index (χ1v) is 10.5. The molecule has 0 saturated heterocycles. The number of pyridine rings is 2. The van der Waals surface area contributed by atoms with Gasteiger partial charge in [-0.3, -0.25) is 14.0 Å². The lowest BCUT2D eigenvalue weighted by molar-refractivity contribution is -0.114. The van der Waals surface area contributed by atoms with E-state index in [9.17, 15) is 13.2 Å². The van der Waals surface area contributed by atoms with Gasteiger partial charge < -0.3 is 0 Å². The van der Waals surface area contributed by atoms with Crippen LogP contribution in [0.2, 0.25) is 0 Å². The topological polar surface area (TPSA) is 83.5 Å². The second-order valence-corrected chi connectivity index (χ2v) is 8.93. The second-order valence-electron chi connectivity index (χ2n) is 5.98. The average molecular weight is 388 g/mol. The molecule has 2 aromatic rings. The molecule has 0 unspecified atom stereocenters. The Morgan fingerprint density at radius 2 is 2.00 bits per heavy atom. The fourth-order valence-corrected chi connectivity index (χ4v) is 5.18. The summed E-state index contributed by atoms with van der Waals surface area (Å²) in [5, 5.41) is 0. The summed E-state index contributed by atoms with van der Waals surface area (Å²) in [6.07, 6.45) is 2.82. The fourth-order valence-electron chi connectivity index (χ4n) is 2.94. The highest BCUT2D eigenvalue weighted by Crippen LogP contribution is 2.34. The smallest absolute Gasteiger partial charge is 0.266 e. The van der Waals surface area contributed by atoms with Crippen LogP contribution in [0.15, 0.2) is 58.8 Å². The lowest BCUT2D eigenvalue weighted by Crippen LogP contribution is -2.30. The summed E-state index contributed by atoms with van der Waals surface area (Å²) in [4.78, 5) is 22.4. The Kier molecular flexibility index (Phi) is 4.20. The molecule has 4 rings (SSSR count). The molecule has 0 atom stereocenters. The zero-order valence-electron chi connectivity index (χ0n) is 14.0. The standard InChI is InChI=1S/C17H16N4O3S2/c1-20(15-4-2-3-7-18-15)26(23,24)13-5-6-16(19-8-13)21-9-12-10-25-11-14(12)17(21)22/h2-8H,9-11H2,1H3. The van der Waals surface area contributed by atoms with Gasteiger partial charge in [0.05, 0.1) is 6.54 Å². The molecule has 0 saturated carbocycles. The van der Waals surface area contributed by atoms with E-state index in [-0.39, 0.29) is 10.8 Å². The molecule has 0 aliphatic carbocycles. The molecule has 2 aliphatic heterocycles. The number of anilines is 2. The van der Waals surface area contributed by atoms with E-state index in [0.717, 1.165) is 27.0 Å². The van der Waals surface area contributed by atoms with Crippen LogP contribution in [0.5, 0.6) is 0 Å². The summed E-state index contributed by atoms with van der Waals surface area (Å²) < 4.78 is 26.6. The number of amides is 1. The van der Waals surface area contributed by atoms with Crippen molar-refractivity contribution in [1.82, 2.24) is 9.97 Å². The van der Waals surface area contributed by atoms with Gasteiger partial charge in [0.2, 0.25) is 0 Å². The number of hydrogen-bond acceptors (Lipinski definition) is 6. The number of aromatic nitrogens is 2. The van der Waals surface area contributed by atoms with Crippen molar-refractivity contribution < 1.29 is 13.2 Å². The number of hydrogen-bond donors (Lipinski definition) is 0. The number of carbonyl (C=O) groups excluding carboxylic acids is 1. The Morgan fingerprint density at radius 1 is 1.15 bits per heavy atom. The highest BCUT2D eigenvalue weighted by Gasteiger charge is 2.34. The highest BCUT2D eigenvalue weighted by molar-refractivity contribution is 8.00. The third-order valence-corrected chi connectivity index (χ3v) is 7.22. The van der Waals surface area contributed by atoms with Gasteiger partial charge in [0.1, 0.15) is 16.5 Å². The first-order valence-electron chi connectivity index (χ1n) is 7.95. The molecule has 0 bridgehead atoms. The molecule has 2 aromatic heterocycles. The zero-order valence-corrected chi connectivity index (χ0v) is 15.6. The Morgan fingerprint density at radius 3 is 2.65 bits per heavy atom. The van der Waals surface area contributed by atoms with E-state index in [0.29, 0.717) is 18.2 Å². The number of rotatable bonds is 4. The van der Waals surface area contributed by atoms with E-state index < -0.39 is 10.0 Å². The third-order valence-electron chi connectivity index (χ3n) is 4.43. The van der Waals surface area contributed by atoms with Gasteiger partial charge in [0, 0.05) is 36.5 Å². The maximum Gasteiger partial charge on any atom is 0.266 e. The van der Waals surface area contributed by atoms with Crippen molar-refractivity contribution in [2.75, 3.05) is 34.3 Å². The summed E-state index contributed by atoms with van der Waals surface area (Å²) in [5.41, 5.74) is 2.01. The molecule has 0 fully saturated rings.